The number of rotatable bonds is 5. The lowest BCUT2D eigenvalue weighted by molar-refractivity contribution is -0.138. The number of Topliss-reactive ketones (excluding diaryl/α,β-unsaturated/α-hetero) is 1. The van der Waals surface area contributed by atoms with Crippen LogP contribution >= 0.6 is 0 Å². The highest BCUT2D eigenvalue weighted by Crippen LogP contribution is 2.25. The van der Waals surface area contributed by atoms with Gasteiger partial charge in [-0.25, -0.2) is 4.79 Å². The van der Waals surface area contributed by atoms with Crippen molar-refractivity contribution in [3.63, 3.8) is 0 Å². The molecular formula is C13H18O3. The predicted octanol–water partition coefficient (Wildman–Crippen LogP) is 2.56. The van der Waals surface area contributed by atoms with E-state index in [9.17, 15) is 9.59 Å². The second-order valence-corrected chi connectivity index (χ2v) is 4.36. The van der Waals surface area contributed by atoms with Crippen LogP contribution in [0.5, 0.6) is 0 Å². The Hall–Kier alpha value is -1.38. The Morgan fingerprint density at radius 1 is 1.56 bits per heavy atom. The molecule has 0 aromatic rings. The maximum absolute atomic E-state index is 11.4. The molecule has 0 spiro atoms. The summed E-state index contributed by atoms with van der Waals surface area (Å²) in [5.74, 6) is -0.100. The molecule has 0 aromatic carbocycles. The number of ketones is 1. The average Bonchev–Trinajstić information content (AvgIpc) is 2.45. The number of allylic oxidation sites excluding steroid dienone is 1. The number of hydrogen-bond donors (Lipinski definition) is 0. The molecule has 1 atom stereocenters. The fourth-order valence-corrected chi connectivity index (χ4v) is 1.72. The third kappa shape index (κ3) is 4.01. The number of cyclic esters (lactones) is 1. The summed E-state index contributed by atoms with van der Waals surface area (Å²) in [7, 11) is 0. The molecule has 88 valence electrons. The summed E-state index contributed by atoms with van der Waals surface area (Å²) < 4.78 is 5.19. The van der Waals surface area contributed by atoms with Crippen molar-refractivity contribution in [1.29, 1.82) is 0 Å². The molecular weight excluding hydrogens is 204 g/mol. The molecule has 3 nitrogen and oxygen atoms in total. The lowest BCUT2D eigenvalue weighted by Gasteiger charge is -2.06. The van der Waals surface area contributed by atoms with Crippen molar-refractivity contribution in [3.8, 4) is 0 Å². The molecule has 0 radical (unpaired) electrons. The Bertz CT molecular complexity index is 339. The van der Waals surface area contributed by atoms with E-state index in [1.54, 1.807) is 6.92 Å². The van der Waals surface area contributed by atoms with Crippen molar-refractivity contribution in [2.45, 2.75) is 45.6 Å². The first-order valence-electron chi connectivity index (χ1n) is 5.53. The molecule has 0 unspecified atom stereocenters. The number of esters is 1. The zero-order valence-corrected chi connectivity index (χ0v) is 9.91. The second-order valence-electron chi connectivity index (χ2n) is 4.36. The topological polar surface area (TPSA) is 43.4 Å². The van der Waals surface area contributed by atoms with Gasteiger partial charge in [0.05, 0.1) is 0 Å². The number of carbonyl (C=O) groups excluding carboxylic acids is 2. The van der Waals surface area contributed by atoms with Crippen LogP contribution in [0.1, 0.15) is 39.5 Å². The van der Waals surface area contributed by atoms with Gasteiger partial charge in [-0.3, -0.25) is 0 Å². The Kier molecular flexibility index (Phi) is 4.47. The van der Waals surface area contributed by atoms with E-state index in [4.69, 9.17) is 4.74 Å². The molecule has 1 aliphatic heterocycles. The first-order chi connectivity index (χ1) is 7.49. The summed E-state index contributed by atoms with van der Waals surface area (Å²) in [5.41, 5.74) is 1.72. The molecule has 1 fully saturated rings. The van der Waals surface area contributed by atoms with Gasteiger partial charge in [-0.2, -0.15) is 0 Å². The molecule has 0 aromatic heterocycles. The highest BCUT2D eigenvalue weighted by Gasteiger charge is 2.28. The fourth-order valence-electron chi connectivity index (χ4n) is 1.72. The summed E-state index contributed by atoms with van der Waals surface area (Å²) in [5, 5.41) is 0. The Morgan fingerprint density at radius 3 is 2.81 bits per heavy atom. The van der Waals surface area contributed by atoms with Gasteiger partial charge in [0.2, 0.25) is 0 Å². The molecule has 0 saturated carbocycles. The van der Waals surface area contributed by atoms with Crippen LogP contribution in [0.25, 0.3) is 0 Å². The smallest absolute Gasteiger partial charge is 0.334 e. The van der Waals surface area contributed by atoms with Crippen LogP contribution in [0.15, 0.2) is 23.8 Å². The van der Waals surface area contributed by atoms with Gasteiger partial charge in [0.15, 0.2) is 0 Å². The standard InChI is InChI=1S/C13H18O3/c1-9(2)7-12-8-11(13(15)16-12)6-4-5-10(3)14/h6,12H,1,4-5,7-8H2,2-3H3/b11-6+/t12-/m1/s1. The lowest BCUT2D eigenvalue weighted by atomic mass is 10.0. The summed E-state index contributed by atoms with van der Waals surface area (Å²) in [6.07, 6.45) is 4.23. The minimum atomic E-state index is -0.241. The van der Waals surface area contributed by atoms with Gasteiger partial charge in [-0.1, -0.05) is 11.6 Å². The normalized spacial score (nSPS) is 22.2. The molecule has 0 N–H and O–H groups in total. The first kappa shape index (κ1) is 12.7. The molecule has 0 aliphatic carbocycles. The summed E-state index contributed by atoms with van der Waals surface area (Å²) in [6, 6.07) is 0. The zero-order valence-electron chi connectivity index (χ0n) is 9.91. The molecule has 0 bridgehead atoms. The number of ether oxygens (including phenoxy) is 1. The third-order valence-corrected chi connectivity index (χ3v) is 2.45. The third-order valence-electron chi connectivity index (χ3n) is 2.45. The summed E-state index contributed by atoms with van der Waals surface area (Å²) in [4.78, 5) is 22.2. The highest BCUT2D eigenvalue weighted by atomic mass is 16.5. The molecule has 1 aliphatic rings. The number of hydrogen-bond acceptors (Lipinski definition) is 3. The van der Waals surface area contributed by atoms with Crippen LogP contribution < -0.4 is 0 Å². The van der Waals surface area contributed by atoms with Crippen molar-refractivity contribution in [3.05, 3.63) is 23.8 Å². The second kappa shape index (κ2) is 5.64. The van der Waals surface area contributed by atoms with Crippen LogP contribution in [-0.2, 0) is 14.3 Å². The minimum Gasteiger partial charge on any atom is -0.458 e. The van der Waals surface area contributed by atoms with Crippen LogP contribution in [-0.4, -0.2) is 17.9 Å². The fraction of sp³-hybridized carbons (Fsp3) is 0.538. The quantitative estimate of drug-likeness (QED) is 0.408. The maximum Gasteiger partial charge on any atom is 0.334 e. The van der Waals surface area contributed by atoms with Gasteiger partial charge in [-0.15, -0.1) is 6.58 Å². The first-order valence-corrected chi connectivity index (χ1v) is 5.53. The molecule has 1 saturated heterocycles. The van der Waals surface area contributed by atoms with Crippen molar-refractivity contribution >= 4 is 11.8 Å². The van der Waals surface area contributed by atoms with E-state index in [0.717, 1.165) is 12.0 Å². The molecule has 1 rings (SSSR count). The Balaban J connectivity index is 2.47. The highest BCUT2D eigenvalue weighted by molar-refractivity contribution is 5.90. The minimum absolute atomic E-state index is 0.0615. The van der Waals surface area contributed by atoms with E-state index in [2.05, 4.69) is 6.58 Å². The van der Waals surface area contributed by atoms with Gasteiger partial charge >= 0.3 is 5.97 Å². The van der Waals surface area contributed by atoms with E-state index >= 15 is 0 Å². The van der Waals surface area contributed by atoms with Crippen molar-refractivity contribution in [2.75, 3.05) is 0 Å². The Morgan fingerprint density at radius 2 is 2.25 bits per heavy atom. The van der Waals surface area contributed by atoms with Crippen molar-refractivity contribution < 1.29 is 14.3 Å². The molecule has 0 amide bonds. The zero-order chi connectivity index (χ0) is 12.1. The van der Waals surface area contributed by atoms with Gasteiger partial charge in [0, 0.05) is 24.8 Å². The van der Waals surface area contributed by atoms with Gasteiger partial charge in [0.25, 0.3) is 0 Å². The number of carbonyl (C=O) groups is 2. The van der Waals surface area contributed by atoms with E-state index in [-0.39, 0.29) is 17.9 Å². The molecule has 1 heterocycles. The van der Waals surface area contributed by atoms with E-state index in [0.29, 0.717) is 24.8 Å². The van der Waals surface area contributed by atoms with Gasteiger partial charge in [-0.05, 0) is 20.3 Å². The average molecular weight is 222 g/mol. The van der Waals surface area contributed by atoms with Gasteiger partial charge in [0.1, 0.15) is 11.9 Å². The van der Waals surface area contributed by atoms with Crippen LogP contribution in [0.2, 0.25) is 0 Å². The van der Waals surface area contributed by atoms with E-state index < -0.39 is 0 Å². The van der Waals surface area contributed by atoms with Crippen LogP contribution in [0.3, 0.4) is 0 Å². The monoisotopic (exact) mass is 222 g/mol. The van der Waals surface area contributed by atoms with Crippen LogP contribution in [0.4, 0.5) is 0 Å². The van der Waals surface area contributed by atoms with Crippen LogP contribution in [0, 0.1) is 0 Å². The van der Waals surface area contributed by atoms with Crippen molar-refractivity contribution in [1.82, 2.24) is 0 Å². The summed E-state index contributed by atoms with van der Waals surface area (Å²) in [6.45, 7) is 7.27. The maximum atomic E-state index is 11.4. The molecule has 16 heavy (non-hydrogen) atoms. The van der Waals surface area contributed by atoms with Gasteiger partial charge < -0.3 is 9.53 Å². The predicted molar refractivity (Wildman–Crippen MR) is 61.9 cm³/mol. The van der Waals surface area contributed by atoms with Crippen molar-refractivity contribution in [2.24, 2.45) is 0 Å². The SMILES string of the molecule is C=C(C)C[C@@H]1C/C(=C\CCC(C)=O)C(=O)O1. The van der Waals surface area contributed by atoms with E-state index in [1.165, 1.54) is 0 Å². The van der Waals surface area contributed by atoms with E-state index in [1.807, 2.05) is 13.0 Å². The largest absolute Gasteiger partial charge is 0.458 e. The molecule has 3 heteroatoms. The Labute approximate surface area is 96.2 Å². The summed E-state index contributed by atoms with van der Waals surface area (Å²) >= 11 is 0. The lowest BCUT2D eigenvalue weighted by Crippen LogP contribution is -2.06.